The number of carbonyl (C=O) groups excluding carboxylic acids is 2. The van der Waals surface area contributed by atoms with Crippen molar-refractivity contribution in [1.82, 2.24) is 0 Å². The number of esters is 1. The first-order chi connectivity index (χ1) is 15.0. The van der Waals surface area contributed by atoms with Crippen LogP contribution >= 0.6 is 0 Å². The predicted octanol–water partition coefficient (Wildman–Crippen LogP) is 4.72. The molecular weight excluding hydrogens is 390 g/mol. The molecule has 6 nitrogen and oxygen atoms in total. The molecule has 0 bridgehead atoms. The van der Waals surface area contributed by atoms with Crippen molar-refractivity contribution in [2.24, 2.45) is 4.99 Å². The zero-order valence-corrected chi connectivity index (χ0v) is 17.9. The molecule has 1 aliphatic carbocycles. The first kappa shape index (κ1) is 21.1. The van der Waals surface area contributed by atoms with Crippen molar-refractivity contribution >= 4 is 29.1 Å². The molecule has 31 heavy (non-hydrogen) atoms. The van der Waals surface area contributed by atoms with Gasteiger partial charge in [0.05, 0.1) is 30.3 Å². The van der Waals surface area contributed by atoms with E-state index in [-0.39, 0.29) is 30.8 Å². The van der Waals surface area contributed by atoms with Crippen LogP contribution in [0.25, 0.3) is 0 Å². The van der Waals surface area contributed by atoms with Crippen LogP contribution in [0.15, 0.2) is 59.6 Å². The molecule has 0 aromatic heterocycles. The Balaban J connectivity index is 1.63. The topological polar surface area (TPSA) is 79.8 Å². The van der Waals surface area contributed by atoms with Gasteiger partial charge in [-0.3, -0.25) is 9.59 Å². The molecule has 2 aromatic carbocycles. The maximum atomic E-state index is 12.8. The van der Waals surface area contributed by atoms with E-state index in [1.165, 1.54) is 6.42 Å². The van der Waals surface area contributed by atoms with Gasteiger partial charge >= 0.3 is 5.97 Å². The number of fused-ring (bicyclic) bond motifs is 1. The van der Waals surface area contributed by atoms with Crippen LogP contribution in [-0.4, -0.2) is 29.4 Å². The Labute approximate surface area is 183 Å². The van der Waals surface area contributed by atoms with Gasteiger partial charge in [0, 0.05) is 0 Å². The predicted molar refractivity (Wildman–Crippen MR) is 122 cm³/mol. The normalized spacial score (nSPS) is 22.0. The molecular formula is C25H29N3O3. The fourth-order valence-electron chi connectivity index (χ4n) is 4.25. The second kappa shape index (κ2) is 9.33. The van der Waals surface area contributed by atoms with Gasteiger partial charge in [-0.25, -0.2) is 4.99 Å². The number of ether oxygens (including phenoxy) is 1. The van der Waals surface area contributed by atoms with Crippen LogP contribution in [0.4, 0.5) is 11.4 Å². The lowest BCUT2D eigenvalue weighted by Crippen LogP contribution is -2.47. The maximum Gasteiger partial charge on any atom is 0.316 e. The molecule has 0 spiro atoms. The summed E-state index contributed by atoms with van der Waals surface area (Å²) in [6.45, 7) is 1.88. The number of aliphatic imine (C=N–C) groups is 1. The van der Waals surface area contributed by atoms with Gasteiger partial charge in [0.2, 0.25) is 11.8 Å². The lowest BCUT2D eigenvalue weighted by atomic mass is 9.93. The van der Waals surface area contributed by atoms with Crippen molar-refractivity contribution in [1.29, 1.82) is 0 Å². The number of hydrogen-bond donors (Lipinski definition) is 2. The Bertz CT molecular complexity index is 967. The minimum Gasteiger partial charge on any atom is -0.409 e. The summed E-state index contributed by atoms with van der Waals surface area (Å²) < 4.78 is 5.89. The molecule has 2 N–H and O–H groups in total. The third-order valence-corrected chi connectivity index (χ3v) is 5.87. The molecule has 0 radical (unpaired) electrons. The molecule has 1 saturated carbocycles. The van der Waals surface area contributed by atoms with Gasteiger partial charge in [-0.05, 0) is 37.5 Å². The fraction of sp³-hybridized carbons (Fsp3) is 0.400. The van der Waals surface area contributed by atoms with E-state index in [2.05, 4.69) is 10.6 Å². The van der Waals surface area contributed by atoms with Crippen LogP contribution in [0.2, 0.25) is 0 Å². The van der Waals surface area contributed by atoms with Crippen LogP contribution in [0.1, 0.15) is 51.0 Å². The van der Waals surface area contributed by atoms with Crippen LogP contribution in [0.3, 0.4) is 0 Å². The molecule has 4 rings (SSSR count). The minimum absolute atomic E-state index is 0.105. The summed E-state index contributed by atoms with van der Waals surface area (Å²) in [7, 11) is 0. The van der Waals surface area contributed by atoms with Gasteiger partial charge in [0.25, 0.3) is 0 Å². The molecule has 1 aliphatic heterocycles. The largest absolute Gasteiger partial charge is 0.409 e. The Morgan fingerprint density at radius 1 is 1.03 bits per heavy atom. The number of amides is 1. The molecule has 1 amide bonds. The number of carbonyl (C=O) groups is 2. The van der Waals surface area contributed by atoms with Crippen LogP contribution in [0.5, 0.6) is 0 Å². The zero-order chi connectivity index (χ0) is 21.7. The average Bonchev–Trinajstić information content (AvgIpc) is 2.89. The molecule has 1 unspecified atom stereocenters. The first-order valence-electron chi connectivity index (χ1n) is 11.0. The van der Waals surface area contributed by atoms with Gasteiger partial charge in [-0.2, -0.15) is 0 Å². The summed E-state index contributed by atoms with van der Waals surface area (Å²) in [5.74, 6) is -0.218. The standard InChI is InChI=1S/C25H29N3O3/c1-25(17-22(29)27-20-14-8-9-15-21(20)28-25)24(26-19-12-6-3-7-13-19)31-23(30)16-18-10-4-2-5-11-18/h2,4-5,8-11,14-15,19,28H,3,6-7,12-13,16-17H2,1H3,(H,27,29). The summed E-state index contributed by atoms with van der Waals surface area (Å²) in [4.78, 5) is 30.4. The number of nitrogens with one attached hydrogen (secondary N) is 2. The second-order valence-electron chi connectivity index (χ2n) is 8.59. The SMILES string of the molecule is CC1(C(=NC2CCCCC2)OC(=O)Cc2ccccc2)CC(=O)Nc2ccccc2N1. The highest BCUT2D eigenvalue weighted by Gasteiger charge is 2.39. The Morgan fingerprint density at radius 2 is 1.71 bits per heavy atom. The number of benzene rings is 2. The summed E-state index contributed by atoms with van der Waals surface area (Å²) >= 11 is 0. The van der Waals surface area contributed by atoms with Crippen molar-refractivity contribution in [3.05, 3.63) is 60.2 Å². The first-order valence-corrected chi connectivity index (χ1v) is 11.0. The van der Waals surface area contributed by atoms with Crippen molar-refractivity contribution in [3.8, 4) is 0 Å². The van der Waals surface area contributed by atoms with E-state index in [0.29, 0.717) is 11.6 Å². The highest BCUT2D eigenvalue weighted by Crippen LogP contribution is 2.32. The number of rotatable bonds is 4. The van der Waals surface area contributed by atoms with Crippen LogP contribution < -0.4 is 10.6 Å². The van der Waals surface area contributed by atoms with E-state index in [4.69, 9.17) is 9.73 Å². The molecule has 2 aliphatic rings. The van der Waals surface area contributed by atoms with Crippen molar-refractivity contribution < 1.29 is 14.3 Å². The monoisotopic (exact) mass is 419 g/mol. The van der Waals surface area contributed by atoms with Gasteiger partial charge in [0.15, 0.2) is 0 Å². The second-order valence-corrected chi connectivity index (χ2v) is 8.59. The molecule has 0 saturated heterocycles. The summed E-state index contributed by atoms with van der Waals surface area (Å²) in [6, 6.07) is 17.1. The Kier molecular flexibility index (Phi) is 6.35. The van der Waals surface area contributed by atoms with E-state index < -0.39 is 5.54 Å². The molecule has 1 heterocycles. The lowest BCUT2D eigenvalue weighted by molar-refractivity contribution is -0.135. The van der Waals surface area contributed by atoms with E-state index in [1.54, 1.807) is 0 Å². The Hall–Kier alpha value is -3.15. The highest BCUT2D eigenvalue weighted by atomic mass is 16.5. The molecule has 162 valence electrons. The van der Waals surface area contributed by atoms with Gasteiger partial charge in [-0.15, -0.1) is 0 Å². The third-order valence-electron chi connectivity index (χ3n) is 5.87. The smallest absolute Gasteiger partial charge is 0.316 e. The number of para-hydroxylation sites is 2. The molecule has 1 fully saturated rings. The van der Waals surface area contributed by atoms with Crippen LogP contribution in [0, 0.1) is 0 Å². The number of nitrogens with zero attached hydrogens (tertiary/aromatic N) is 1. The van der Waals surface area contributed by atoms with Crippen LogP contribution in [-0.2, 0) is 20.7 Å². The summed E-state index contributed by atoms with van der Waals surface area (Å²) in [6.07, 6.45) is 5.66. The Morgan fingerprint density at radius 3 is 2.45 bits per heavy atom. The number of hydrogen-bond acceptors (Lipinski definition) is 5. The lowest BCUT2D eigenvalue weighted by Gasteiger charge is -2.31. The highest BCUT2D eigenvalue weighted by molar-refractivity contribution is 6.05. The third kappa shape index (κ3) is 5.32. The van der Waals surface area contributed by atoms with Crippen molar-refractivity contribution in [3.63, 3.8) is 0 Å². The van der Waals surface area contributed by atoms with Crippen molar-refractivity contribution in [2.75, 3.05) is 10.6 Å². The van der Waals surface area contributed by atoms with E-state index in [1.807, 2.05) is 61.5 Å². The fourth-order valence-corrected chi connectivity index (χ4v) is 4.25. The van der Waals surface area contributed by atoms with E-state index >= 15 is 0 Å². The average molecular weight is 420 g/mol. The number of anilines is 2. The van der Waals surface area contributed by atoms with E-state index in [0.717, 1.165) is 36.9 Å². The van der Waals surface area contributed by atoms with Gasteiger partial charge in [-0.1, -0.05) is 61.7 Å². The minimum atomic E-state index is -0.930. The molecule has 1 atom stereocenters. The summed E-state index contributed by atoms with van der Waals surface area (Å²) in [5, 5.41) is 6.37. The molecule has 6 heteroatoms. The van der Waals surface area contributed by atoms with Gasteiger partial charge in [0.1, 0.15) is 5.54 Å². The quantitative estimate of drug-likeness (QED) is 0.427. The zero-order valence-electron chi connectivity index (χ0n) is 17.9. The summed E-state index contributed by atoms with van der Waals surface area (Å²) in [5.41, 5.74) is 1.45. The van der Waals surface area contributed by atoms with Crippen molar-refractivity contribution in [2.45, 2.75) is 63.5 Å². The van der Waals surface area contributed by atoms with Gasteiger partial charge < -0.3 is 15.4 Å². The van der Waals surface area contributed by atoms with E-state index in [9.17, 15) is 9.59 Å². The maximum absolute atomic E-state index is 12.8. The molecule has 2 aromatic rings.